The van der Waals surface area contributed by atoms with Gasteiger partial charge >= 0.3 is 0 Å². The smallest absolute Gasteiger partial charge is 0.241 e. The fraction of sp³-hybridized carbons (Fsp3) is 0.571. The normalized spacial score (nSPS) is 12.4. The largest absolute Gasteiger partial charge is 0.354 e. The molecular formula is C14H23N7. The van der Waals surface area contributed by atoms with Crippen molar-refractivity contribution >= 4 is 11.9 Å². The molecule has 0 bridgehead atoms. The van der Waals surface area contributed by atoms with E-state index in [1.807, 2.05) is 6.20 Å². The Morgan fingerprint density at radius 2 is 1.90 bits per heavy atom. The molecule has 2 aromatic rings. The van der Waals surface area contributed by atoms with Gasteiger partial charge < -0.3 is 10.6 Å². The summed E-state index contributed by atoms with van der Waals surface area (Å²) in [5.41, 5.74) is 0. The number of hydrogen-bond donors (Lipinski definition) is 2. The summed E-state index contributed by atoms with van der Waals surface area (Å²) in [6.07, 6.45) is 6.20. The second kappa shape index (κ2) is 7.01. The Morgan fingerprint density at radius 1 is 1.14 bits per heavy atom. The summed E-state index contributed by atoms with van der Waals surface area (Å²) in [6, 6.07) is 0.280. The minimum atomic E-state index is 0.280. The van der Waals surface area contributed by atoms with Crippen LogP contribution in [0.4, 0.5) is 11.9 Å². The van der Waals surface area contributed by atoms with Crippen LogP contribution in [0.2, 0.25) is 0 Å². The van der Waals surface area contributed by atoms with E-state index in [-0.39, 0.29) is 6.04 Å². The second-order valence-electron chi connectivity index (χ2n) is 5.36. The first-order chi connectivity index (χ1) is 10.1. The zero-order valence-corrected chi connectivity index (χ0v) is 13.0. The molecule has 7 heteroatoms. The van der Waals surface area contributed by atoms with Crippen molar-refractivity contribution in [2.45, 2.75) is 40.2 Å². The van der Waals surface area contributed by atoms with E-state index in [0.717, 1.165) is 13.0 Å². The quantitative estimate of drug-likeness (QED) is 0.814. The van der Waals surface area contributed by atoms with Gasteiger partial charge in [-0.2, -0.15) is 15.0 Å². The molecule has 0 spiro atoms. The lowest BCUT2D eigenvalue weighted by Crippen LogP contribution is -2.24. The monoisotopic (exact) mass is 289 g/mol. The molecule has 0 radical (unpaired) electrons. The molecule has 1 atom stereocenters. The summed E-state index contributed by atoms with van der Waals surface area (Å²) in [4.78, 5) is 17.3. The van der Waals surface area contributed by atoms with Gasteiger partial charge in [0.15, 0.2) is 0 Å². The Labute approximate surface area is 125 Å². The number of imidazole rings is 1. The minimum Gasteiger partial charge on any atom is -0.354 e. The molecule has 0 aliphatic heterocycles. The highest BCUT2D eigenvalue weighted by Crippen LogP contribution is 2.12. The zero-order chi connectivity index (χ0) is 15.2. The number of rotatable bonds is 7. The number of aromatic nitrogens is 5. The van der Waals surface area contributed by atoms with Crippen LogP contribution < -0.4 is 10.6 Å². The van der Waals surface area contributed by atoms with Gasteiger partial charge in [0.05, 0.1) is 0 Å². The van der Waals surface area contributed by atoms with Crippen molar-refractivity contribution in [3.05, 3.63) is 18.7 Å². The van der Waals surface area contributed by atoms with Crippen LogP contribution in [-0.4, -0.2) is 37.1 Å². The Kier molecular flexibility index (Phi) is 5.08. The van der Waals surface area contributed by atoms with Crippen LogP contribution in [0.15, 0.2) is 18.7 Å². The lowest BCUT2D eigenvalue weighted by molar-refractivity contribution is 0.556. The summed E-state index contributed by atoms with van der Waals surface area (Å²) in [6.45, 7) is 9.36. The molecule has 0 saturated heterocycles. The van der Waals surface area contributed by atoms with Crippen LogP contribution in [0.1, 0.15) is 34.1 Å². The van der Waals surface area contributed by atoms with Crippen LogP contribution in [-0.2, 0) is 0 Å². The molecular weight excluding hydrogens is 266 g/mol. The maximum Gasteiger partial charge on any atom is 0.241 e. The maximum absolute atomic E-state index is 4.46. The fourth-order valence-electron chi connectivity index (χ4n) is 1.61. The molecule has 0 saturated carbocycles. The van der Waals surface area contributed by atoms with E-state index in [0.29, 0.717) is 23.8 Å². The zero-order valence-electron chi connectivity index (χ0n) is 13.0. The summed E-state index contributed by atoms with van der Waals surface area (Å²) in [5.74, 6) is 2.20. The Hall–Kier alpha value is -2.18. The maximum atomic E-state index is 4.46. The minimum absolute atomic E-state index is 0.280. The van der Waals surface area contributed by atoms with Gasteiger partial charge in [0.2, 0.25) is 17.8 Å². The van der Waals surface area contributed by atoms with Gasteiger partial charge in [0, 0.05) is 25.0 Å². The fourth-order valence-corrected chi connectivity index (χ4v) is 1.61. The lowest BCUT2D eigenvalue weighted by atomic mass is 10.1. The molecule has 2 N–H and O–H groups in total. The second-order valence-corrected chi connectivity index (χ2v) is 5.36. The molecule has 2 rings (SSSR count). The van der Waals surface area contributed by atoms with Crippen LogP contribution in [0.25, 0.3) is 5.95 Å². The van der Waals surface area contributed by atoms with Crippen LogP contribution in [0.5, 0.6) is 0 Å². The molecule has 0 aliphatic rings. The number of hydrogen-bond acceptors (Lipinski definition) is 6. The highest BCUT2D eigenvalue weighted by molar-refractivity contribution is 5.38. The molecule has 7 nitrogen and oxygen atoms in total. The molecule has 1 unspecified atom stereocenters. The first-order valence-corrected chi connectivity index (χ1v) is 7.35. The van der Waals surface area contributed by atoms with Crippen molar-refractivity contribution < 1.29 is 0 Å². The average molecular weight is 289 g/mol. The number of anilines is 2. The average Bonchev–Trinajstić information content (AvgIpc) is 2.99. The van der Waals surface area contributed by atoms with Gasteiger partial charge in [-0.15, -0.1) is 0 Å². The third-order valence-electron chi connectivity index (χ3n) is 3.25. The van der Waals surface area contributed by atoms with Crippen molar-refractivity contribution in [2.75, 3.05) is 17.2 Å². The van der Waals surface area contributed by atoms with Crippen LogP contribution in [0.3, 0.4) is 0 Å². The van der Waals surface area contributed by atoms with E-state index in [1.165, 1.54) is 0 Å². The summed E-state index contributed by atoms with van der Waals surface area (Å²) >= 11 is 0. The third kappa shape index (κ3) is 4.14. The standard InChI is InChI=1S/C14H23N7/c1-5-6-16-12-18-13(17-11(4)10(2)3)20-14(19-12)21-8-7-15-9-21/h7-11H,5-6H2,1-4H3,(H2,16,17,18,19,20). The van der Waals surface area contributed by atoms with Gasteiger partial charge in [-0.1, -0.05) is 20.8 Å². The summed E-state index contributed by atoms with van der Waals surface area (Å²) in [7, 11) is 0. The van der Waals surface area contributed by atoms with E-state index in [1.54, 1.807) is 17.1 Å². The van der Waals surface area contributed by atoms with E-state index in [9.17, 15) is 0 Å². The van der Waals surface area contributed by atoms with Crippen LogP contribution in [0, 0.1) is 5.92 Å². The number of nitrogens with one attached hydrogen (secondary N) is 2. The SMILES string of the molecule is CCCNc1nc(NC(C)C(C)C)nc(-n2ccnc2)n1. The van der Waals surface area contributed by atoms with Gasteiger partial charge in [0.1, 0.15) is 6.33 Å². The predicted octanol–water partition coefficient (Wildman–Crippen LogP) is 2.34. The van der Waals surface area contributed by atoms with Gasteiger partial charge in [-0.3, -0.25) is 4.57 Å². The highest BCUT2D eigenvalue weighted by atomic mass is 15.3. The summed E-state index contributed by atoms with van der Waals surface area (Å²) in [5, 5.41) is 6.53. The van der Waals surface area contributed by atoms with Gasteiger partial charge in [-0.25, -0.2) is 4.98 Å². The van der Waals surface area contributed by atoms with Crippen molar-refractivity contribution in [2.24, 2.45) is 5.92 Å². The molecule has 2 aromatic heterocycles. The molecule has 0 aromatic carbocycles. The Morgan fingerprint density at radius 3 is 2.52 bits per heavy atom. The van der Waals surface area contributed by atoms with Crippen LogP contribution >= 0.6 is 0 Å². The highest BCUT2D eigenvalue weighted by Gasteiger charge is 2.12. The molecule has 2 heterocycles. The molecule has 0 aliphatic carbocycles. The third-order valence-corrected chi connectivity index (χ3v) is 3.25. The lowest BCUT2D eigenvalue weighted by Gasteiger charge is -2.18. The molecule has 114 valence electrons. The van der Waals surface area contributed by atoms with Gasteiger partial charge in [0.25, 0.3) is 0 Å². The first kappa shape index (κ1) is 15.2. The molecule has 21 heavy (non-hydrogen) atoms. The van der Waals surface area contributed by atoms with Crippen molar-refractivity contribution in [1.29, 1.82) is 0 Å². The van der Waals surface area contributed by atoms with Crippen molar-refractivity contribution in [3.8, 4) is 5.95 Å². The predicted molar refractivity (Wildman–Crippen MR) is 83.7 cm³/mol. The first-order valence-electron chi connectivity index (χ1n) is 7.35. The van der Waals surface area contributed by atoms with Crippen molar-refractivity contribution in [1.82, 2.24) is 24.5 Å². The van der Waals surface area contributed by atoms with Gasteiger partial charge in [-0.05, 0) is 19.3 Å². The molecule has 0 amide bonds. The van der Waals surface area contributed by atoms with E-state index in [4.69, 9.17) is 0 Å². The van der Waals surface area contributed by atoms with E-state index >= 15 is 0 Å². The molecule has 0 fully saturated rings. The Balaban J connectivity index is 2.28. The topological polar surface area (TPSA) is 80.5 Å². The number of nitrogens with zero attached hydrogens (tertiary/aromatic N) is 5. The Bertz CT molecular complexity index is 550. The van der Waals surface area contributed by atoms with Crippen molar-refractivity contribution in [3.63, 3.8) is 0 Å². The van der Waals surface area contributed by atoms with E-state index < -0.39 is 0 Å². The van der Waals surface area contributed by atoms with E-state index in [2.05, 4.69) is 58.3 Å². The summed E-state index contributed by atoms with van der Waals surface area (Å²) < 4.78 is 1.77.